The van der Waals surface area contributed by atoms with Crippen molar-refractivity contribution in [3.8, 4) is 0 Å². The molecule has 0 radical (unpaired) electrons. The highest BCUT2D eigenvalue weighted by Crippen LogP contribution is 2.47. The van der Waals surface area contributed by atoms with Crippen LogP contribution in [0.4, 0.5) is 0 Å². The van der Waals surface area contributed by atoms with Gasteiger partial charge in [-0.2, -0.15) is 0 Å². The third kappa shape index (κ3) is 53.6. The van der Waals surface area contributed by atoms with E-state index in [1.54, 1.807) is 12.8 Å². The van der Waals surface area contributed by atoms with Gasteiger partial charge in [-0.1, -0.05) is 369 Å². The maximum Gasteiger partial charge on any atom is 0.0431 e. The van der Waals surface area contributed by atoms with E-state index in [1.165, 1.54) is 334 Å². The van der Waals surface area contributed by atoms with Gasteiger partial charge in [0.05, 0.1) is 0 Å². The Hall–Kier alpha value is -0.160. The minimum atomic E-state index is 0. The molecular formula is C73H150O4. The molecule has 0 bridgehead atoms. The van der Waals surface area contributed by atoms with Crippen molar-refractivity contribution in [1.82, 2.24) is 0 Å². The summed E-state index contributed by atoms with van der Waals surface area (Å²) in [5, 5.41) is 36.2. The van der Waals surface area contributed by atoms with E-state index in [4.69, 9.17) is 20.4 Å². The summed E-state index contributed by atoms with van der Waals surface area (Å²) in [5.74, 6) is 5.90. The Morgan fingerprint density at radius 1 is 0.221 bits per heavy atom. The van der Waals surface area contributed by atoms with Crippen LogP contribution in [0, 0.1) is 35.5 Å². The topological polar surface area (TPSA) is 80.9 Å². The van der Waals surface area contributed by atoms with Gasteiger partial charge in [0.1, 0.15) is 0 Å². The van der Waals surface area contributed by atoms with Crippen molar-refractivity contribution >= 4 is 0 Å². The fraction of sp³-hybridized carbons (Fsp3) is 1.00. The zero-order valence-corrected chi connectivity index (χ0v) is 53.1. The van der Waals surface area contributed by atoms with Crippen LogP contribution in [0.15, 0.2) is 0 Å². The Kier molecular flexibility index (Phi) is 68.3. The van der Waals surface area contributed by atoms with Gasteiger partial charge in [-0.3, -0.25) is 0 Å². The van der Waals surface area contributed by atoms with Gasteiger partial charge in [-0.05, 0) is 74.0 Å². The van der Waals surface area contributed by atoms with Gasteiger partial charge < -0.3 is 20.4 Å². The molecule has 6 atom stereocenters. The minimum Gasteiger partial charge on any atom is -0.396 e. The van der Waals surface area contributed by atoms with E-state index in [2.05, 4.69) is 27.7 Å². The number of aliphatic hydroxyl groups is 4. The highest BCUT2D eigenvalue weighted by atomic mass is 16.3. The molecule has 4 N–H and O–H groups in total. The lowest BCUT2D eigenvalue weighted by Crippen LogP contribution is -2.32. The summed E-state index contributed by atoms with van der Waals surface area (Å²) in [7, 11) is 0. The predicted octanol–water partition coefficient (Wildman–Crippen LogP) is 24.0. The summed E-state index contributed by atoms with van der Waals surface area (Å²) in [6, 6.07) is 0. The zero-order chi connectivity index (χ0) is 55.3. The van der Waals surface area contributed by atoms with Gasteiger partial charge in [-0.15, -0.1) is 0 Å². The molecule has 77 heavy (non-hydrogen) atoms. The van der Waals surface area contributed by atoms with Crippen molar-refractivity contribution in [2.75, 3.05) is 26.4 Å². The SMILES string of the molecule is C.CCCCCCCC1CC(CCCCCCCCO)C(CCCCCCCCO)CC1CCCCCCC.CCCCCCCCCC(CCCCCCCCO)C(CCCCCCCCC)CCCCCCCCO. The average Bonchev–Trinajstić information content (AvgIpc) is 3.43. The Balaban J connectivity index is 0. The van der Waals surface area contributed by atoms with Crippen LogP contribution in [-0.4, -0.2) is 46.9 Å². The molecule has 1 saturated carbocycles. The fourth-order valence-electron chi connectivity index (χ4n) is 13.8. The van der Waals surface area contributed by atoms with E-state index in [-0.39, 0.29) is 7.43 Å². The molecule has 0 heterocycles. The lowest BCUT2D eigenvalue weighted by atomic mass is 9.63. The predicted molar refractivity (Wildman–Crippen MR) is 346 cm³/mol. The number of hydrogen-bond donors (Lipinski definition) is 4. The quantitative estimate of drug-likeness (QED) is 0.0458. The lowest BCUT2D eigenvalue weighted by molar-refractivity contribution is 0.0814. The van der Waals surface area contributed by atoms with Crippen LogP contribution in [0.1, 0.15) is 408 Å². The molecule has 0 aromatic carbocycles. The maximum absolute atomic E-state index is 9.04. The Labute approximate surface area is 487 Å². The zero-order valence-electron chi connectivity index (χ0n) is 53.1. The smallest absolute Gasteiger partial charge is 0.0431 e. The molecular weight excluding hydrogens is 941 g/mol. The molecule has 1 aliphatic carbocycles. The molecule has 0 amide bonds. The van der Waals surface area contributed by atoms with Crippen LogP contribution in [0.2, 0.25) is 0 Å². The highest BCUT2D eigenvalue weighted by Gasteiger charge is 2.35. The summed E-state index contributed by atoms with van der Waals surface area (Å²) in [5.41, 5.74) is 0. The van der Waals surface area contributed by atoms with E-state index in [0.29, 0.717) is 26.4 Å². The molecule has 0 aliphatic heterocycles. The number of aliphatic hydroxyl groups excluding tert-OH is 4. The summed E-state index contributed by atoms with van der Waals surface area (Å²) < 4.78 is 0. The van der Waals surface area contributed by atoms with E-state index in [9.17, 15) is 0 Å². The number of unbranched alkanes of at least 4 members (excludes halogenated alkanes) is 40. The van der Waals surface area contributed by atoms with E-state index < -0.39 is 0 Å². The van der Waals surface area contributed by atoms with Crippen LogP contribution < -0.4 is 0 Å². The first-order valence-corrected chi connectivity index (χ1v) is 36.0. The van der Waals surface area contributed by atoms with Crippen LogP contribution in [0.25, 0.3) is 0 Å². The molecule has 0 spiro atoms. The van der Waals surface area contributed by atoms with Gasteiger partial charge >= 0.3 is 0 Å². The highest BCUT2D eigenvalue weighted by molar-refractivity contribution is 4.86. The molecule has 1 aliphatic rings. The second-order valence-electron chi connectivity index (χ2n) is 25.8. The van der Waals surface area contributed by atoms with Crippen LogP contribution in [-0.2, 0) is 0 Å². The third-order valence-corrected chi connectivity index (χ3v) is 18.9. The first-order chi connectivity index (χ1) is 37.6. The molecule has 466 valence electrons. The standard InChI is InChI=1S/C36H72O2.C36H74O2.CH4/c1-3-5-7-13-19-25-33-31-35(27-21-15-9-11-17-23-29-37)36(28-22-16-10-12-18-24-30-38)32-34(33)26-20-14-8-6-4-2;1-3-5-7-9-11-17-23-29-35(31-25-19-13-15-21-27-33-37)36(30-24-18-12-10-8-6-4-2)32-26-20-14-16-22-28-34-38;/h33-38H,3-32H2,1-2H3;35-38H,3-34H2,1-2H3;1H4. The number of hydrogen-bond acceptors (Lipinski definition) is 4. The van der Waals surface area contributed by atoms with Crippen LogP contribution >= 0.6 is 0 Å². The van der Waals surface area contributed by atoms with Crippen molar-refractivity contribution in [3.05, 3.63) is 0 Å². The molecule has 1 rings (SSSR count). The Morgan fingerprint density at radius 2 is 0.377 bits per heavy atom. The van der Waals surface area contributed by atoms with Crippen molar-refractivity contribution in [2.24, 2.45) is 35.5 Å². The van der Waals surface area contributed by atoms with E-state index in [0.717, 1.165) is 61.2 Å². The van der Waals surface area contributed by atoms with Crippen molar-refractivity contribution in [2.45, 2.75) is 408 Å². The molecule has 4 nitrogen and oxygen atoms in total. The maximum atomic E-state index is 9.04. The summed E-state index contributed by atoms with van der Waals surface area (Å²) in [6.07, 6.45) is 80.2. The Morgan fingerprint density at radius 3 is 0.558 bits per heavy atom. The monoisotopic (exact) mass is 1090 g/mol. The van der Waals surface area contributed by atoms with Gasteiger partial charge in [-0.25, -0.2) is 0 Å². The van der Waals surface area contributed by atoms with Crippen LogP contribution in [0.5, 0.6) is 0 Å². The third-order valence-electron chi connectivity index (χ3n) is 18.9. The van der Waals surface area contributed by atoms with Gasteiger partial charge in [0.15, 0.2) is 0 Å². The van der Waals surface area contributed by atoms with E-state index >= 15 is 0 Å². The minimum absolute atomic E-state index is 0. The first kappa shape index (κ1) is 78.9. The van der Waals surface area contributed by atoms with E-state index in [1.807, 2.05) is 0 Å². The average molecular weight is 1090 g/mol. The summed E-state index contributed by atoms with van der Waals surface area (Å²) in [4.78, 5) is 0. The Bertz CT molecular complexity index is 869. The second kappa shape index (κ2) is 66.6. The van der Waals surface area contributed by atoms with Gasteiger partial charge in [0.2, 0.25) is 0 Å². The largest absolute Gasteiger partial charge is 0.396 e. The molecule has 1 fully saturated rings. The van der Waals surface area contributed by atoms with Gasteiger partial charge in [0, 0.05) is 26.4 Å². The van der Waals surface area contributed by atoms with Crippen LogP contribution in [0.3, 0.4) is 0 Å². The molecule has 0 aromatic rings. The normalized spacial score (nSPS) is 17.3. The second-order valence-corrected chi connectivity index (χ2v) is 25.8. The van der Waals surface area contributed by atoms with Crippen molar-refractivity contribution in [1.29, 1.82) is 0 Å². The lowest BCUT2D eigenvalue weighted by Gasteiger charge is -2.42. The molecule has 4 heteroatoms. The summed E-state index contributed by atoms with van der Waals surface area (Å²) in [6.45, 7) is 10.8. The molecule has 0 aromatic heterocycles. The molecule has 6 unspecified atom stereocenters. The number of rotatable bonds is 61. The first-order valence-electron chi connectivity index (χ1n) is 36.0. The van der Waals surface area contributed by atoms with Crippen molar-refractivity contribution < 1.29 is 20.4 Å². The summed E-state index contributed by atoms with van der Waals surface area (Å²) >= 11 is 0. The molecule has 0 saturated heterocycles. The van der Waals surface area contributed by atoms with Crippen molar-refractivity contribution in [3.63, 3.8) is 0 Å². The van der Waals surface area contributed by atoms with Gasteiger partial charge in [0.25, 0.3) is 0 Å². The fourth-order valence-corrected chi connectivity index (χ4v) is 13.8.